The highest BCUT2D eigenvalue weighted by Crippen LogP contribution is 2.25. The highest BCUT2D eigenvalue weighted by atomic mass is 35.5. The molecule has 0 aromatic heterocycles. The number of Topliss-reactive ketones (excluding diaryl/α,β-unsaturated/α-hetero) is 1. The summed E-state index contributed by atoms with van der Waals surface area (Å²) in [6.45, 7) is 1.47. The topological polar surface area (TPSA) is 43.4 Å². The Morgan fingerprint density at radius 3 is 2.10 bits per heavy atom. The van der Waals surface area contributed by atoms with Crippen molar-refractivity contribution >= 4 is 35.0 Å². The normalized spacial score (nSPS) is 10.2. The molecule has 0 unspecified atom stereocenters. The van der Waals surface area contributed by atoms with Gasteiger partial charge in [-0.15, -0.1) is 0 Å². The van der Waals surface area contributed by atoms with Crippen molar-refractivity contribution in [3.63, 3.8) is 0 Å². The maximum atomic E-state index is 11.9. The minimum absolute atomic E-state index is 0.0209. The number of ketones is 1. The average molecular weight is 323 g/mol. The molecule has 0 N–H and O–H groups in total. The highest BCUT2D eigenvalue weighted by Gasteiger charge is 2.12. The van der Waals surface area contributed by atoms with Crippen LogP contribution in [0.1, 0.15) is 22.8 Å². The Hall–Kier alpha value is -1.84. The van der Waals surface area contributed by atoms with Crippen molar-refractivity contribution in [1.29, 1.82) is 0 Å². The van der Waals surface area contributed by atoms with Gasteiger partial charge >= 0.3 is 5.97 Å². The fraction of sp³-hybridized carbons (Fsp3) is 0.125. The molecule has 0 bridgehead atoms. The molecule has 108 valence electrons. The van der Waals surface area contributed by atoms with E-state index in [0.717, 1.165) is 0 Å². The lowest BCUT2D eigenvalue weighted by molar-refractivity contribution is -0.133. The molecule has 0 saturated carbocycles. The van der Waals surface area contributed by atoms with E-state index in [1.807, 2.05) is 0 Å². The van der Waals surface area contributed by atoms with E-state index in [9.17, 15) is 9.59 Å². The molecule has 3 nitrogen and oxygen atoms in total. The molecular formula is C16H12Cl2O3. The molecular weight excluding hydrogens is 311 g/mol. The zero-order valence-corrected chi connectivity index (χ0v) is 12.7. The molecule has 0 fully saturated rings. The average Bonchev–Trinajstić information content (AvgIpc) is 2.43. The van der Waals surface area contributed by atoms with Crippen LogP contribution in [0, 0.1) is 0 Å². The summed E-state index contributed by atoms with van der Waals surface area (Å²) in [5.74, 6) is -0.149. The van der Waals surface area contributed by atoms with Crippen LogP contribution in [0.4, 0.5) is 0 Å². The molecule has 0 radical (unpaired) electrons. The summed E-state index contributed by atoms with van der Waals surface area (Å²) in [7, 11) is 0. The molecule has 0 heterocycles. The number of benzene rings is 2. The lowest BCUT2D eigenvalue weighted by atomic mass is 10.1. The van der Waals surface area contributed by atoms with Crippen molar-refractivity contribution < 1.29 is 14.3 Å². The van der Waals surface area contributed by atoms with E-state index in [1.54, 1.807) is 42.5 Å². The van der Waals surface area contributed by atoms with E-state index in [4.69, 9.17) is 27.9 Å². The minimum atomic E-state index is -0.472. The predicted octanol–water partition coefficient (Wildman–Crippen LogP) is 4.34. The van der Waals surface area contributed by atoms with E-state index in [-0.39, 0.29) is 12.2 Å². The lowest BCUT2D eigenvalue weighted by Crippen LogP contribution is -2.12. The van der Waals surface area contributed by atoms with Crippen molar-refractivity contribution in [3.8, 4) is 5.75 Å². The maximum Gasteiger partial charge on any atom is 0.315 e. The van der Waals surface area contributed by atoms with Crippen LogP contribution in [0.25, 0.3) is 0 Å². The van der Waals surface area contributed by atoms with E-state index in [0.29, 0.717) is 26.9 Å². The number of carbonyl (C=O) groups excluding carboxylic acids is 2. The molecule has 2 aromatic carbocycles. The first-order valence-corrected chi connectivity index (χ1v) is 6.97. The van der Waals surface area contributed by atoms with Gasteiger partial charge in [-0.2, -0.15) is 0 Å². The second kappa shape index (κ2) is 6.74. The number of rotatable bonds is 4. The third-order valence-electron chi connectivity index (χ3n) is 2.88. The third-order valence-corrected chi connectivity index (χ3v) is 3.58. The van der Waals surface area contributed by atoms with Crippen molar-refractivity contribution in [1.82, 2.24) is 0 Å². The van der Waals surface area contributed by atoms with Crippen LogP contribution in [-0.4, -0.2) is 11.8 Å². The van der Waals surface area contributed by atoms with Gasteiger partial charge in [0.15, 0.2) is 5.78 Å². The fourth-order valence-electron chi connectivity index (χ4n) is 1.77. The summed E-state index contributed by atoms with van der Waals surface area (Å²) in [5, 5.41) is 0.845. The van der Waals surface area contributed by atoms with Crippen LogP contribution in [0.3, 0.4) is 0 Å². The summed E-state index contributed by atoms with van der Waals surface area (Å²) in [6, 6.07) is 11.4. The van der Waals surface area contributed by atoms with Crippen molar-refractivity contribution in [2.45, 2.75) is 13.3 Å². The Kier molecular flexibility index (Phi) is 4.99. The van der Waals surface area contributed by atoms with Gasteiger partial charge in [-0.05, 0) is 43.3 Å². The van der Waals surface area contributed by atoms with Crippen LogP contribution >= 0.6 is 23.2 Å². The van der Waals surface area contributed by atoms with Crippen molar-refractivity contribution in [2.75, 3.05) is 0 Å². The van der Waals surface area contributed by atoms with E-state index in [2.05, 4.69) is 0 Å². The van der Waals surface area contributed by atoms with Gasteiger partial charge in [0.25, 0.3) is 0 Å². The number of carbonyl (C=O) groups is 2. The van der Waals surface area contributed by atoms with Gasteiger partial charge in [-0.1, -0.05) is 29.3 Å². The number of ether oxygens (including phenoxy) is 1. The second-order valence-corrected chi connectivity index (χ2v) is 5.25. The zero-order valence-electron chi connectivity index (χ0n) is 11.2. The molecule has 2 rings (SSSR count). The molecule has 0 atom stereocenters. The molecule has 0 saturated heterocycles. The molecule has 0 amide bonds. The van der Waals surface area contributed by atoms with Crippen LogP contribution in [0.15, 0.2) is 42.5 Å². The van der Waals surface area contributed by atoms with Crippen LogP contribution in [0.5, 0.6) is 5.75 Å². The largest absolute Gasteiger partial charge is 0.426 e. The molecule has 0 spiro atoms. The Labute approximate surface area is 132 Å². The Bertz CT molecular complexity index is 658. The van der Waals surface area contributed by atoms with Gasteiger partial charge in [-0.3, -0.25) is 9.59 Å². The summed E-state index contributed by atoms with van der Waals surface area (Å²) in [4.78, 5) is 23.1. The Balaban J connectivity index is 2.06. The number of hydrogen-bond donors (Lipinski definition) is 0. The Morgan fingerprint density at radius 1 is 1.00 bits per heavy atom. The van der Waals surface area contributed by atoms with Gasteiger partial charge in [0, 0.05) is 21.2 Å². The summed E-state index contributed by atoms with van der Waals surface area (Å²) in [5.41, 5.74) is 1.09. The van der Waals surface area contributed by atoms with Gasteiger partial charge < -0.3 is 4.74 Å². The number of halogens is 2. The van der Waals surface area contributed by atoms with E-state index >= 15 is 0 Å². The first kappa shape index (κ1) is 15.5. The maximum absolute atomic E-state index is 11.9. The molecule has 0 aliphatic carbocycles. The lowest BCUT2D eigenvalue weighted by Gasteiger charge is -2.07. The van der Waals surface area contributed by atoms with Gasteiger partial charge in [0.2, 0.25) is 0 Å². The standard InChI is InChI=1S/C16H12Cl2O3/c1-10(19)11-5-7-12(8-6-11)21-16(20)9-13-14(17)3-2-4-15(13)18/h2-8H,9H2,1H3. The van der Waals surface area contributed by atoms with Crippen LogP contribution in [0.2, 0.25) is 10.0 Å². The van der Waals surface area contributed by atoms with E-state index in [1.165, 1.54) is 6.92 Å². The predicted molar refractivity (Wildman–Crippen MR) is 82.2 cm³/mol. The fourth-order valence-corrected chi connectivity index (χ4v) is 2.30. The summed E-state index contributed by atoms with van der Waals surface area (Å²) in [6.07, 6.45) is -0.0209. The van der Waals surface area contributed by atoms with E-state index < -0.39 is 5.97 Å². The molecule has 0 aliphatic heterocycles. The highest BCUT2D eigenvalue weighted by molar-refractivity contribution is 6.36. The van der Waals surface area contributed by atoms with Crippen molar-refractivity contribution in [2.24, 2.45) is 0 Å². The third kappa shape index (κ3) is 4.06. The monoisotopic (exact) mass is 322 g/mol. The number of esters is 1. The summed E-state index contributed by atoms with van der Waals surface area (Å²) < 4.78 is 5.20. The minimum Gasteiger partial charge on any atom is -0.426 e. The smallest absolute Gasteiger partial charge is 0.315 e. The quantitative estimate of drug-likeness (QED) is 0.477. The van der Waals surface area contributed by atoms with Crippen LogP contribution in [-0.2, 0) is 11.2 Å². The van der Waals surface area contributed by atoms with Crippen LogP contribution < -0.4 is 4.74 Å². The Morgan fingerprint density at radius 2 is 1.57 bits per heavy atom. The zero-order chi connectivity index (χ0) is 15.4. The van der Waals surface area contributed by atoms with Gasteiger partial charge in [-0.25, -0.2) is 0 Å². The first-order valence-electron chi connectivity index (χ1n) is 6.22. The molecule has 0 aliphatic rings. The van der Waals surface area contributed by atoms with Gasteiger partial charge in [0.1, 0.15) is 5.75 Å². The first-order chi connectivity index (χ1) is 9.97. The second-order valence-electron chi connectivity index (χ2n) is 4.43. The van der Waals surface area contributed by atoms with Crippen molar-refractivity contribution in [3.05, 3.63) is 63.6 Å². The number of hydrogen-bond acceptors (Lipinski definition) is 3. The SMILES string of the molecule is CC(=O)c1ccc(OC(=O)Cc2c(Cl)cccc2Cl)cc1. The molecule has 2 aromatic rings. The van der Waals surface area contributed by atoms with Gasteiger partial charge in [0.05, 0.1) is 6.42 Å². The molecule has 5 heteroatoms. The molecule has 21 heavy (non-hydrogen) atoms. The summed E-state index contributed by atoms with van der Waals surface area (Å²) >= 11 is 12.0.